The number of methoxy groups -OCH3 is 1. The van der Waals surface area contributed by atoms with Crippen LogP contribution in [0.4, 0.5) is 0 Å². The fourth-order valence-corrected chi connectivity index (χ4v) is 2.21. The second-order valence-electron chi connectivity index (χ2n) is 5.45. The van der Waals surface area contributed by atoms with Crippen molar-refractivity contribution in [3.05, 3.63) is 65.7 Å². The van der Waals surface area contributed by atoms with Crippen LogP contribution < -0.4 is 10.1 Å². The molecule has 0 bridgehead atoms. The summed E-state index contributed by atoms with van der Waals surface area (Å²) in [4.78, 5) is 12.2. The van der Waals surface area contributed by atoms with Gasteiger partial charge in [0.2, 0.25) is 5.91 Å². The number of ether oxygens (including phenoxy) is 2. The third-order valence-corrected chi connectivity index (χ3v) is 3.66. The molecule has 2 rings (SSSR count). The van der Waals surface area contributed by atoms with Gasteiger partial charge in [-0.3, -0.25) is 4.79 Å². The van der Waals surface area contributed by atoms with Crippen LogP contribution in [0.3, 0.4) is 0 Å². The Morgan fingerprint density at radius 1 is 1.09 bits per heavy atom. The summed E-state index contributed by atoms with van der Waals surface area (Å²) in [5.41, 5.74) is 2.04. The van der Waals surface area contributed by atoms with E-state index in [1.165, 1.54) is 0 Å². The molecule has 2 atom stereocenters. The lowest BCUT2D eigenvalue weighted by molar-refractivity contribution is -0.133. The minimum atomic E-state index is -0.521. The lowest BCUT2D eigenvalue weighted by Crippen LogP contribution is -2.36. The summed E-state index contributed by atoms with van der Waals surface area (Å²) >= 11 is 0. The van der Waals surface area contributed by atoms with Crippen molar-refractivity contribution in [1.29, 1.82) is 0 Å². The van der Waals surface area contributed by atoms with Crippen LogP contribution in [0, 0.1) is 0 Å². The monoisotopic (exact) mass is 313 g/mol. The Hall–Kier alpha value is -2.33. The molecular formula is C19H23NO3. The average molecular weight is 313 g/mol. The van der Waals surface area contributed by atoms with Gasteiger partial charge in [-0.05, 0) is 37.1 Å². The molecule has 4 nitrogen and oxygen atoms in total. The first-order valence-corrected chi connectivity index (χ1v) is 7.70. The Morgan fingerprint density at radius 2 is 1.83 bits per heavy atom. The predicted molar refractivity (Wildman–Crippen MR) is 90.2 cm³/mol. The zero-order valence-electron chi connectivity index (χ0n) is 13.8. The molecule has 1 amide bonds. The van der Waals surface area contributed by atoms with Gasteiger partial charge in [0.05, 0.1) is 19.8 Å². The standard InChI is InChI=1S/C19H23NO3/c1-14(17-9-5-4-6-10-17)20-19(21)15(2)23-13-16-8-7-11-18(12-16)22-3/h4-12,14-15H,13H2,1-3H3,(H,20,21)/t14-,15+/m1/s1. The zero-order valence-corrected chi connectivity index (χ0v) is 13.8. The van der Waals surface area contributed by atoms with E-state index in [1.54, 1.807) is 14.0 Å². The normalized spacial score (nSPS) is 13.2. The summed E-state index contributed by atoms with van der Waals surface area (Å²) in [6, 6.07) is 17.4. The predicted octanol–water partition coefficient (Wildman–Crippen LogP) is 3.48. The van der Waals surface area contributed by atoms with Crippen LogP contribution in [0.25, 0.3) is 0 Å². The Kier molecular flexibility index (Phi) is 6.18. The molecule has 0 aliphatic rings. The van der Waals surface area contributed by atoms with E-state index < -0.39 is 6.10 Å². The van der Waals surface area contributed by atoms with Gasteiger partial charge in [-0.25, -0.2) is 0 Å². The number of carbonyl (C=O) groups is 1. The summed E-state index contributed by atoms with van der Waals surface area (Å²) in [6.45, 7) is 4.08. The molecule has 0 aromatic heterocycles. The maximum absolute atomic E-state index is 12.2. The highest BCUT2D eigenvalue weighted by Gasteiger charge is 2.16. The van der Waals surface area contributed by atoms with Crippen LogP contribution in [0.5, 0.6) is 5.75 Å². The molecule has 0 aliphatic heterocycles. The zero-order chi connectivity index (χ0) is 16.7. The summed E-state index contributed by atoms with van der Waals surface area (Å²) in [5.74, 6) is 0.658. The van der Waals surface area contributed by atoms with Gasteiger partial charge in [0, 0.05) is 0 Å². The second kappa shape index (κ2) is 8.34. The molecule has 4 heteroatoms. The fourth-order valence-electron chi connectivity index (χ4n) is 2.21. The van der Waals surface area contributed by atoms with Gasteiger partial charge in [0.25, 0.3) is 0 Å². The maximum atomic E-state index is 12.2. The highest BCUT2D eigenvalue weighted by Crippen LogP contribution is 2.15. The van der Waals surface area contributed by atoms with Crippen LogP contribution in [0.15, 0.2) is 54.6 Å². The van der Waals surface area contributed by atoms with Gasteiger partial charge >= 0.3 is 0 Å². The van der Waals surface area contributed by atoms with Gasteiger partial charge in [-0.15, -0.1) is 0 Å². The molecule has 0 saturated carbocycles. The van der Waals surface area contributed by atoms with E-state index in [0.29, 0.717) is 6.61 Å². The van der Waals surface area contributed by atoms with E-state index in [4.69, 9.17) is 9.47 Å². The number of carbonyl (C=O) groups excluding carboxylic acids is 1. The van der Waals surface area contributed by atoms with E-state index in [0.717, 1.165) is 16.9 Å². The Morgan fingerprint density at radius 3 is 2.52 bits per heavy atom. The van der Waals surface area contributed by atoms with Gasteiger partial charge in [0.15, 0.2) is 0 Å². The number of hydrogen-bond donors (Lipinski definition) is 1. The summed E-state index contributed by atoms with van der Waals surface area (Å²) in [5, 5.41) is 2.97. The van der Waals surface area contributed by atoms with Gasteiger partial charge in [0.1, 0.15) is 11.9 Å². The fraction of sp³-hybridized carbons (Fsp3) is 0.316. The molecule has 122 valence electrons. The smallest absolute Gasteiger partial charge is 0.249 e. The summed E-state index contributed by atoms with van der Waals surface area (Å²) in [6.07, 6.45) is -0.521. The Labute approximate surface area is 137 Å². The van der Waals surface area contributed by atoms with Crippen molar-refractivity contribution in [1.82, 2.24) is 5.32 Å². The van der Waals surface area contributed by atoms with E-state index in [-0.39, 0.29) is 11.9 Å². The average Bonchev–Trinajstić information content (AvgIpc) is 2.60. The lowest BCUT2D eigenvalue weighted by atomic mass is 10.1. The van der Waals surface area contributed by atoms with Crippen molar-refractivity contribution >= 4 is 5.91 Å². The third kappa shape index (κ3) is 5.11. The van der Waals surface area contributed by atoms with Gasteiger partial charge in [-0.1, -0.05) is 42.5 Å². The summed E-state index contributed by atoms with van der Waals surface area (Å²) in [7, 11) is 1.63. The van der Waals surface area contributed by atoms with Crippen LogP contribution in [0.2, 0.25) is 0 Å². The van der Waals surface area contributed by atoms with Gasteiger partial charge < -0.3 is 14.8 Å². The SMILES string of the molecule is COc1cccc(CO[C@@H](C)C(=O)N[C@H](C)c2ccccc2)c1. The maximum Gasteiger partial charge on any atom is 0.249 e. The molecule has 0 heterocycles. The summed E-state index contributed by atoms with van der Waals surface area (Å²) < 4.78 is 10.8. The highest BCUT2D eigenvalue weighted by atomic mass is 16.5. The quantitative estimate of drug-likeness (QED) is 0.851. The molecular weight excluding hydrogens is 290 g/mol. The van der Waals surface area contributed by atoms with Crippen LogP contribution in [-0.4, -0.2) is 19.1 Å². The number of hydrogen-bond acceptors (Lipinski definition) is 3. The Balaban J connectivity index is 1.85. The van der Waals surface area contributed by atoms with Crippen molar-refractivity contribution in [3.8, 4) is 5.75 Å². The number of amides is 1. The first-order chi connectivity index (χ1) is 11.1. The molecule has 1 N–H and O–H groups in total. The lowest BCUT2D eigenvalue weighted by Gasteiger charge is -2.18. The first kappa shape index (κ1) is 17.0. The van der Waals surface area contributed by atoms with Crippen molar-refractivity contribution in [2.45, 2.75) is 32.6 Å². The molecule has 0 aliphatic carbocycles. The van der Waals surface area contributed by atoms with Crippen LogP contribution in [0.1, 0.15) is 31.0 Å². The minimum Gasteiger partial charge on any atom is -0.497 e. The molecule has 0 unspecified atom stereocenters. The Bertz CT molecular complexity index is 628. The van der Waals surface area contributed by atoms with E-state index in [1.807, 2.05) is 61.5 Å². The molecule has 2 aromatic rings. The van der Waals surface area contributed by atoms with Crippen molar-refractivity contribution < 1.29 is 14.3 Å². The largest absolute Gasteiger partial charge is 0.497 e. The number of rotatable bonds is 7. The topological polar surface area (TPSA) is 47.6 Å². The second-order valence-corrected chi connectivity index (χ2v) is 5.45. The highest BCUT2D eigenvalue weighted by molar-refractivity contribution is 5.80. The van der Waals surface area contributed by atoms with Gasteiger partial charge in [-0.2, -0.15) is 0 Å². The van der Waals surface area contributed by atoms with E-state index in [2.05, 4.69) is 5.32 Å². The van der Waals surface area contributed by atoms with Crippen molar-refractivity contribution in [3.63, 3.8) is 0 Å². The van der Waals surface area contributed by atoms with Crippen LogP contribution >= 0.6 is 0 Å². The molecule has 2 aromatic carbocycles. The molecule has 23 heavy (non-hydrogen) atoms. The van der Waals surface area contributed by atoms with E-state index in [9.17, 15) is 4.79 Å². The molecule has 0 spiro atoms. The molecule has 0 fully saturated rings. The van der Waals surface area contributed by atoms with Crippen LogP contribution in [-0.2, 0) is 16.1 Å². The number of nitrogens with one attached hydrogen (secondary N) is 1. The molecule has 0 radical (unpaired) electrons. The van der Waals surface area contributed by atoms with Crippen molar-refractivity contribution in [2.75, 3.05) is 7.11 Å². The molecule has 0 saturated heterocycles. The van der Waals surface area contributed by atoms with Crippen molar-refractivity contribution in [2.24, 2.45) is 0 Å². The van der Waals surface area contributed by atoms with E-state index >= 15 is 0 Å². The third-order valence-electron chi connectivity index (χ3n) is 3.66. The minimum absolute atomic E-state index is 0.0495. The first-order valence-electron chi connectivity index (χ1n) is 7.70. The number of benzene rings is 2.